The van der Waals surface area contributed by atoms with Gasteiger partial charge in [0.1, 0.15) is 0 Å². The Bertz CT molecular complexity index is 300. The topological polar surface area (TPSA) is 23.6 Å². The zero-order chi connectivity index (χ0) is 11.8. The van der Waals surface area contributed by atoms with Crippen LogP contribution in [0.5, 0.6) is 0 Å². The predicted molar refractivity (Wildman–Crippen MR) is 71.7 cm³/mol. The molecule has 0 radical (unpaired) electrons. The number of hydrogen-bond acceptors (Lipinski definition) is 3. The molecule has 3 aliphatic rings. The average molecular weight is 256 g/mol. The molecule has 0 N–H and O–H groups in total. The molecule has 2 atom stereocenters. The zero-order valence-corrected chi connectivity index (χ0v) is 11.6. The molecule has 17 heavy (non-hydrogen) atoms. The summed E-state index contributed by atoms with van der Waals surface area (Å²) < 4.78 is 11.4. The maximum atomic E-state index is 11.4. The highest BCUT2D eigenvalue weighted by atomic mass is 32.2. The van der Waals surface area contributed by atoms with Gasteiger partial charge in [-0.3, -0.25) is 14.0 Å². The van der Waals surface area contributed by atoms with E-state index in [-0.39, 0.29) is 0 Å². The highest BCUT2D eigenvalue weighted by Gasteiger charge is 2.37. The maximum Gasteiger partial charge on any atom is 0.0249 e. The summed E-state index contributed by atoms with van der Waals surface area (Å²) in [6.07, 6.45) is 5.09. The number of fused-ring (bicyclic) bond motifs is 1. The summed E-state index contributed by atoms with van der Waals surface area (Å²) in [5.41, 5.74) is 0. The minimum Gasteiger partial charge on any atom is -0.298 e. The first-order valence-corrected chi connectivity index (χ1v) is 8.57. The summed E-state index contributed by atoms with van der Waals surface area (Å²) in [6, 6.07) is 2.23. The fraction of sp³-hybridized carbons (Fsp3) is 1.00. The van der Waals surface area contributed by atoms with Crippen molar-refractivity contribution in [2.24, 2.45) is 0 Å². The molecule has 0 bridgehead atoms. The largest absolute Gasteiger partial charge is 0.298 e. The van der Waals surface area contributed by atoms with Gasteiger partial charge in [-0.1, -0.05) is 0 Å². The van der Waals surface area contributed by atoms with Crippen LogP contribution in [0.3, 0.4) is 0 Å². The van der Waals surface area contributed by atoms with Gasteiger partial charge in [-0.05, 0) is 39.2 Å². The van der Waals surface area contributed by atoms with Crippen LogP contribution in [-0.4, -0.2) is 63.3 Å². The molecule has 3 saturated heterocycles. The lowest BCUT2D eigenvalue weighted by atomic mass is 10.0. The molecule has 4 heteroatoms. The van der Waals surface area contributed by atoms with E-state index >= 15 is 0 Å². The highest BCUT2D eigenvalue weighted by molar-refractivity contribution is 7.85. The molecule has 3 rings (SSSR count). The number of piperazine rings is 1. The lowest BCUT2D eigenvalue weighted by Crippen LogP contribution is -2.58. The summed E-state index contributed by atoms with van der Waals surface area (Å²) in [6.45, 7) is 6.21. The van der Waals surface area contributed by atoms with Gasteiger partial charge in [-0.15, -0.1) is 0 Å². The standard InChI is InChI=1S/C13H24N2OS/c1-11-9-14-6-2-3-13(14)10-15(11)12-4-7-17(16)8-5-12/h11-13H,2-10H2,1H3. The van der Waals surface area contributed by atoms with E-state index in [4.69, 9.17) is 0 Å². The molecular weight excluding hydrogens is 232 g/mol. The van der Waals surface area contributed by atoms with Crippen LogP contribution in [0.4, 0.5) is 0 Å². The van der Waals surface area contributed by atoms with Crippen molar-refractivity contribution in [3.8, 4) is 0 Å². The minimum absolute atomic E-state index is 0.519. The quantitative estimate of drug-likeness (QED) is 0.701. The van der Waals surface area contributed by atoms with E-state index < -0.39 is 10.8 Å². The lowest BCUT2D eigenvalue weighted by Gasteiger charge is -2.47. The van der Waals surface area contributed by atoms with E-state index in [1.54, 1.807) is 0 Å². The van der Waals surface area contributed by atoms with Crippen LogP contribution >= 0.6 is 0 Å². The third-order valence-electron chi connectivity index (χ3n) is 4.81. The van der Waals surface area contributed by atoms with Gasteiger partial charge < -0.3 is 0 Å². The normalized spacial score (nSPS) is 44.8. The fourth-order valence-electron chi connectivity index (χ4n) is 3.83. The molecule has 2 unspecified atom stereocenters. The van der Waals surface area contributed by atoms with Crippen molar-refractivity contribution in [2.75, 3.05) is 31.1 Å². The summed E-state index contributed by atoms with van der Waals surface area (Å²) >= 11 is 0. The Balaban J connectivity index is 1.64. The smallest absolute Gasteiger partial charge is 0.0249 e. The van der Waals surface area contributed by atoms with Gasteiger partial charge in [0.05, 0.1) is 0 Å². The molecule has 98 valence electrons. The fourth-order valence-corrected chi connectivity index (χ4v) is 5.11. The van der Waals surface area contributed by atoms with Crippen LogP contribution in [-0.2, 0) is 10.8 Å². The molecule has 0 saturated carbocycles. The van der Waals surface area contributed by atoms with Gasteiger partial charge in [-0.2, -0.15) is 0 Å². The highest BCUT2D eigenvalue weighted by Crippen LogP contribution is 2.28. The minimum atomic E-state index is -0.519. The Morgan fingerprint density at radius 3 is 2.59 bits per heavy atom. The second-order valence-electron chi connectivity index (χ2n) is 5.92. The second-order valence-corrected chi connectivity index (χ2v) is 7.61. The molecule has 0 aromatic heterocycles. The van der Waals surface area contributed by atoms with Crippen molar-refractivity contribution in [1.82, 2.24) is 9.80 Å². The first-order chi connectivity index (χ1) is 8.24. The molecule has 3 aliphatic heterocycles. The zero-order valence-electron chi connectivity index (χ0n) is 10.8. The van der Waals surface area contributed by atoms with Gasteiger partial charge in [0.15, 0.2) is 0 Å². The Morgan fingerprint density at radius 2 is 1.82 bits per heavy atom. The number of nitrogens with zero attached hydrogens (tertiary/aromatic N) is 2. The van der Waals surface area contributed by atoms with Crippen molar-refractivity contribution >= 4 is 10.8 Å². The number of rotatable bonds is 1. The molecule has 3 heterocycles. The van der Waals surface area contributed by atoms with Crippen LogP contribution in [0, 0.1) is 0 Å². The van der Waals surface area contributed by atoms with E-state index in [0.29, 0.717) is 12.1 Å². The molecule has 3 fully saturated rings. The van der Waals surface area contributed by atoms with Crippen LogP contribution in [0.25, 0.3) is 0 Å². The molecular formula is C13H24N2OS. The van der Waals surface area contributed by atoms with Crippen molar-refractivity contribution in [3.63, 3.8) is 0 Å². The molecule has 3 nitrogen and oxygen atoms in total. The van der Waals surface area contributed by atoms with Crippen molar-refractivity contribution < 1.29 is 4.21 Å². The van der Waals surface area contributed by atoms with Gasteiger partial charge in [0.25, 0.3) is 0 Å². The van der Waals surface area contributed by atoms with E-state index in [1.165, 1.54) is 32.5 Å². The predicted octanol–water partition coefficient (Wildman–Crippen LogP) is 1.07. The molecule has 0 aliphatic carbocycles. The monoisotopic (exact) mass is 256 g/mol. The van der Waals surface area contributed by atoms with Crippen LogP contribution < -0.4 is 0 Å². The third-order valence-corrected chi connectivity index (χ3v) is 6.19. The van der Waals surface area contributed by atoms with Crippen molar-refractivity contribution in [1.29, 1.82) is 0 Å². The molecule has 0 aromatic carbocycles. The van der Waals surface area contributed by atoms with E-state index in [0.717, 1.165) is 30.4 Å². The first-order valence-electron chi connectivity index (χ1n) is 7.09. The van der Waals surface area contributed by atoms with Crippen molar-refractivity contribution in [2.45, 2.75) is 50.7 Å². The summed E-state index contributed by atoms with van der Waals surface area (Å²) in [4.78, 5) is 5.41. The van der Waals surface area contributed by atoms with Crippen LogP contribution in [0.2, 0.25) is 0 Å². The van der Waals surface area contributed by atoms with Gasteiger partial charge in [-0.25, -0.2) is 0 Å². The summed E-state index contributed by atoms with van der Waals surface area (Å²) in [5.74, 6) is 1.87. The SMILES string of the molecule is CC1CN2CCCC2CN1C1CCS(=O)CC1. The molecule has 0 aromatic rings. The first kappa shape index (κ1) is 12.1. The average Bonchev–Trinajstić information content (AvgIpc) is 2.76. The maximum absolute atomic E-state index is 11.4. The Kier molecular flexibility index (Phi) is 3.55. The second kappa shape index (κ2) is 4.98. The van der Waals surface area contributed by atoms with E-state index in [1.807, 2.05) is 0 Å². The van der Waals surface area contributed by atoms with Crippen LogP contribution in [0.15, 0.2) is 0 Å². The molecule has 0 spiro atoms. The third kappa shape index (κ3) is 2.45. The lowest BCUT2D eigenvalue weighted by molar-refractivity contribution is 0.0250. The number of hydrogen-bond donors (Lipinski definition) is 0. The molecule has 0 amide bonds. The van der Waals surface area contributed by atoms with Crippen molar-refractivity contribution in [3.05, 3.63) is 0 Å². The Hall–Kier alpha value is 0.0700. The summed E-state index contributed by atoms with van der Waals surface area (Å²) in [5, 5.41) is 0. The van der Waals surface area contributed by atoms with Gasteiger partial charge in [0.2, 0.25) is 0 Å². The summed E-state index contributed by atoms with van der Waals surface area (Å²) in [7, 11) is -0.519. The van der Waals surface area contributed by atoms with E-state index in [2.05, 4.69) is 16.7 Å². The van der Waals surface area contributed by atoms with Gasteiger partial charge in [0, 0.05) is 53.5 Å². The Morgan fingerprint density at radius 1 is 1.06 bits per heavy atom. The Labute approximate surface area is 107 Å². The van der Waals surface area contributed by atoms with Crippen LogP contribution in [0.1, 0.15) is 32.6 Å². The van der Waals surface area contributed by atoms with Gasteiger partial charge >= 0.3 is 0 Å². The van der Waals surface area contributed by atoms with E-state index in [9.17, 15) is 4.21 Å².